The van der Waals surface area contributed by atoms with Gasteiger partial charge in [0.05, 0.1) is 5.38 Å². The first-order valence-electron chi connectivity index (χ1n) is 6.35. The maximum Gasteiger partial charge on any atom is 0.123 e. The number of rotatable bonds is 2. The van der Waals surface area contributed by atoms with Crippen molar-refractivity contribution in [2.24, 2.45) is 5.41 Å². The summed E-state index contributed by atoms with van der Waals surface area (Å²) in [5, 5.41) is 0.00519. The van der Waals surface area contributed by atoms with Crippen LogP contribution in [0.15, 0.2) is 12.1 Å². The Balaban J connectivity index is 2.40. The number of halogens is 2. The van der Waals surface area contributed by atoms with Crippen LogP contribution in [0.1, 0.15) is 54.7 Å². The molecule has 0 aliphatic heterocycles. The van der Waals surface area contributed by atoms with Crippen LogP contribution in [0.5, 0.6) is 0 Å². The van der Waals surface area contributed by atoms with E-state index >= 15 is 0 Å². The Hall–Kier alpha value is -0.560. The average molecular weight is 255 g/mol. The van der Waals surface area contributed by atoms with Crippen LogP contribution in [0.25, 0.3) is 0 Å². The first-order chi connectivity index (χ1) is 7.94. The van der Waals surface area contributed by atoms with E-state index in [0.29, 0.717) is 0 Å². The first kappa shape index (κ1) is 12.9. The summed E-state index contributed by atoms with van der Waals surface area (Å²) < 4.78 is 13.3. The molecule has 1 fully saturated rings. The second-order valence-electron chi connectivity index (χ2n) is 5.68. The van der Waals surface area contributed by atoms with Crippen LogP contribution in [-0.4, -0.2) is 0 Å². The molecule has 0 saturated heterocycles. The number of aryl methyl sites for hydroxylation is 2. The van der Waals surface area contributed by atoms with Gasteiger partial charge in [0.15, 0.2) is 0 Å². The highest BCUT2D eigenvalue weighted by molar-refractivity contribution is 6.21. The van der Waals surface area contributed by atoms with Crippen molar-refractivity contribution in [1.82, 2.24) is 0 Å². The third kappa shape index (κ3) is 2.35. The monoisotopic (exact) mass is 254 g/mol. The highest BCUT2D eigenvalue weighted by Crippen LogP contribution is 2.51. The lowest BCUT2D eigenvalue weighted by atomic mass is 9.79. The van der Waals surface area contributed by atoms with E-state index in [1.54, 1.807) is 12.1 Å². The molecule has 0 N–H and O–H groups in total. The molecule has 1 aliphatic carbocycles. The lowest BCUT2D eigenvalue weighted by Gasteiger charge is -2.31. The van der Waals surface area contributed by atoms with Gasteiger partial charge in [-0.2, -0.15) is 0 Å². The van der Waals surface area contributed by atoms with Crippen molar-refractivity contribution in [1.29, 1.82) is 0 Å². The van der Waals surface area contributed by atoms with Crippen LogP contribution in [0.3, 0.4) is 0 Å². The van der Waals surface area contributed by atoms with Crippen LogP contribution >= 0.6 is 11.6 Å². The van der Waals surface area contributed by atoms with Gasteiger partial charge in [-0.15, -0.1) is 11.6 Å². The van der Waals surface area contributed by atoms with Crippen LogP contribution in [-0.2, 0) is 0 Å². The Morgan fingerprint density at radius 3 is 2.12 bits per heavy atom. The van der Waals surface area contributed by atoms with Crippen molar-refractivity contribution in [3.63, 3.8) is 0 Å². The molecule has 1 aliphatic rings. The molecule has 0 aromatic heterocycles. The summed E-state index contributed by atoms with van der Waals surface area (Å²) in [6.45, 7) is 6.18. The zero-order valence-electron chi connectivity index (χ0n) is 10.8. The summed E-state index contributed by atoms with van der Waals surface area (Å²) in [5.74, 6) is -0.163. The highest BCUT2D eigenvalue weighted by atomic mass is 35.5. The van der Waals surface area contributed by atoms with Gasteiger partial charge in [0.2, 0.25) is 0 Å². The first-order valence-corrected chi connectivity index (χ1v) is 6.78. The third-order valence-electron chi connectivity index (χ3n) is 4.17. The summed E-state index contributed by atoms with van der Waals surface area (Å²) in [5.41, 5.74) is 3.28. The van der Waals surface area contributed by atoms with Crippen molar-refractivity contribution in [3.8, 4) is 0 Å². The van der Waals surface area contributed by atoms with Crippen molar-refractivity contribution in [2.75, 3.05) is 0 Å². The maximum absolute atomic E-state index is 13.3. The van der Waals surface area contributed by atoms with Gasteiger partial charge in [0.25, 0.3) is 0 Å². The quantitative estimate of drug-likeness (QED) is 0.628. The minimum Gasteiger partial charge on any atom is -0.207 e. The third-order valence-corrected chi connectivity index (χ3v) is 4.91. The topological polar surface area (TPSA) is 0 Å². The molecule has 0 bridgehead atoms. The highest BCUT2D eigenvalue weighted by Gasteiger charge is 2.37. The Morgan fingerprint density at radius 2 is 1.65 bits per heavy atom. The van der Waals surface area contributed by atoms with E-state index in [2.05, 4.69) is 6.92 Å². The fourth-order valence-corrected chi connectivity index (χ4v) is 3.67. The minimum atomic E-state index is -0.163. The van der Waals surface area contributed by atoms with E-state index in [1.165, 1.54) is 25.7 Å². The Kier molecular flexibility index (Phi) is 3.49. The summed E-state index contributed by atoms with van der Waals surface area (Å²) in [7, 11) is 0. The standard InChI is InChI=1S/C15H20ClF/c1-10-8-12(17)9-11(2)13(10)14(16)15(3)6-4-5-7-15/h8-9,14H,4-7H2,1-3H3. The second kappa shape index (κ2) is 4.61. The second-order valence-corrected chi connectivity index (χ2v) is 6.11. The van der Waals surface area contributed by atoms with E-state index < -0.39 is 0 Å². The Labute approximate surface area is 108 Å². The molecule has 0 spiro atoms. The number of hydrogen-bond acceptors (Lipinski definition) is 0. The molecule has 1 atom stereocenters. The molecule has 0 nitrogen and oxygen atoms in total. The van der Waals surface area contributed by atoms with Gasteiger partial charge < -0.3 is 0 Å². The molecule has 0 heterocycles. The number of benzene rings is 1. The molecule has 1 aromatic rings. The van der Waals surface area contributed by atoms with Gasteiger partial charge in [-0.05, 0) is 60.9 Å². The van der Waals surface area contributed by atoms with E-state index in [4.69, 9.17) is 11.6 Å². The van der Waals surface area contributed by atoms with Gasteiger partial charge in [-0.1, -0.05) is 19.8 Å². The van der Waals surface area contributed by atoms with Crippen molar-refractivity contribution < 1.29 is 4.39 Å². The lowest BCUT2D eigenvalue weighted by molar-refractivity contribution is 0.320. The molecule has 0 amide bonds. The molecule has 0 radical (unpaired) electrons. The molecule has 94 valence electrons. The van der Waals surface area contributed by atoms with Crippen molar-refractivity contribution in [2.45, 2.75) is 51.8 Å². The molecular formula is C15H20ClF. The van der Waals surface area contributed by atoms with E-state index in [9.17, 15) is 4.39 Å². The molecule has 2 heteroatoms. The normalized spacial score (nSPS) is 20.5. The molecule has 1 unspecified atom stereocenters. The summed E-state index contributed by atoms with van der Waals surface area (Å²) in [6.07, 6.45) is 4.88. The molecular weight excluding hydrogens is 235 g/mol. The fourth-order valence-electron chi connectivity index (χ4n) is 3.11. The largest absolute Gasteiger partial charge is 0.207 e. The van der Waals surface area contributed by atoms with Crippen LogP contribution < -0.4 is 0 Å². The van der Waals surface area contributed by atoms with Gasteiger partial charge in [0.1, 0.15) is 5.82 Å². The average Bonchev–Trinajstić information content (AvgIpc) is 2.64. The number of hydrogen-bond donors (Lipinski definition) is 0. The summed E-state index contributed by atoms with van der Waals surface area (Å²) >= 11 is 6.69. The summed E-state index contributed by atoms with van der Waals surface area (Å²) in [4.78, 5) is 0. The van der Waals surface area contributed by atoms with Crippen molar-refractivity contribution in [3.05, 3.63) is 34.6 Å². The fraction of sp³-hybridized carbons (Fsp3) is 0.600. The van der Waals surface area contributed by atoms with Crippen molar-refractivity contribution >= 4 is 11.6 Å². The van der Waals surface area contributed by atoms with Crippen LogP contribution in [0.4, 0.5) is 4.39 Å². The SMILES string of the molecule is Cc1cc(F)cc(C)c1C(Cl)C1(C)CCCC1. The Bertz CT molecular complexity index is 396. The Morgan fingerprint density at radius 1 is 1.18 bits per heavy atom. The van der Waals surface area contributed by atoms with Crippen LogP contribution in [0, 0.1) is 25.1 Å². The predicted octanol–water partition coefficient (Wildman–Crippen LogP) is 5.30. The number of alkyl halides is 1. The maximum atomic E-state index is 13.3. The minimum absolute atomic E-state index is 0.00519. The molecule has 17 heavy (non-hydrogen) atoms. The van der Waals surface area contributed by atoms with E-state index in [0.717, 1.165) is 16.7 Å². The van der Waals surface area contributed by atoms with Gasteiger partial charge in [-0.25, -0.2) is 4.39 Å². The van der Waals surface area contributed by atoms with Gasteiger partial charge in [-0.3, -0.25) is 0 Å². The molecule has 2 rings (SSSR count). The molecule has 1 saturated carbocycles. The zero-order chi connectivity index (χ0) is 12.6. The lowest BCUT2D eigenvalue weighted by Crippen LogP contribution is -2.19. The summed E-state index contributed by atoms with van der Waals surface area (Å²) in [6, 6.07) is 3.19. The van der Waals surface area contributed by atoms with E-state index in [-0.39, 0.29) is 16.6 Å². The zero-order valence-corrected chi connectivity index (χ0v) is 11.6. The van der Waals surface area contributed by atoms with E-state index in [1.807, 2.05) is 13.8 Å². The van der Waals surface area contributed by atoms with Gasteiger partial charge in [0, 0.05) is 0 Å². The predicted molar refractivity (Wildman–Crippen MR) is 71.0 cm³/mol. The van der Waals surface area contributed by atoms with Crippen LogP contribution in [0.2, 0.25) is 0 Å². The molecule has 1 aromatic carbocycles. The van der Waals surface area contributed by atoms with Gasteiger partial charge >= 0.3 is 0 Å². The smallest absolute Gasteiger partial charge is 0.123 e.